The van der Waals surface area contributed by atoms with Gasteiger partial charge in [0.2, 0.25) is 0 Å². The molecule has 0 bridgehead atoms. The van der Waals surface area contributed by atoms with Crippen molar-refractivity contribution in [1.29, 1.82) is 0 Å². The lowest BCUT2D eigenvalue weighted by Crippen LogP contribution is -2.18. The summed E-state index contributed by atoms with van der Waals surface area (Å²) in [5, 5.41) is 4.23. The Labute approximate surface area is 129 Å². The zero-order chi connectivity index (χ0) is 15.6. The summed E-state index contributed by atoms with van der Waals surface area (Å²) in [4.78, 5) is 1.77. The first-order valence-corrected chi connectivity index (χ1v) is 7.38. The SMILES string of the molecule is CN(Cc1cnn(C)c1)c1ccc(CBr)c(C(F)(F)F)c1. The highest BCUT2D eigenvalue weighted by atomic mass is 79.9. The topological polar surface area (TPSA) is 21.1 Å². The summed E-state index contributed by atoms with van der Waals surface area (Å²) in [7, 11) is 3.56. The molecule has 0 unspecified atom stereocenters. The molecule has 0 aliphatic carbocycles. The first-order valence-electron chi connectivity index (χ1n) is 6.26. The van der Waals surface area contributed by atoms with Crippen molar-refractivity contribution in [3.63, 3.8) is 0 Å². The molecule has 0 atom stereocenters. The zero-order valence-electron chi connectivity index (χ0n) is 11.7. The normalized spacial score (nSPS) is 11.7. The minimum Gasteiger partial charge on any atom is -0.370 e. The molecule has 1 aromatic carbocycles. The van der Waals surface area contributed by atoms with Crippen LogP contribution in [0.25, 0.3) is 0 Å². The van der Waals surface area contributed by atoms with E-state index in [9.17, 15) is 13.2 Å². The van der Waals surface area contributed by atoms with Gasteiger partial charge in [-0.05, 0) is 17.7 Å². The molecule has 0 fully saturated rings. The van der Waals surface area contributed by atoms with Crippen molar-refractivity contribution in [2.45, 2.75) is 18.1 Å². The summed E-state index contributed by atoms with van der Waals surface area (Å²) in [5.41, 5.74) is 1.10. The van der Waals surface area contributed by atoms with E-state index in [1.54, 1.807) is 35.9 Å². The van der Waals surface area contributed by atoms with Crippen LogP contribution < -0.4 is 4.90 Å². The largest absolute Gasteiger partial charge is 0.416 e. The van der Waals surface area contributed by atoms with Crippen LogP contribution in [0.2, 0.25) is 0 Å². The Morgan fingerprint density at radius 1 is 1.33 bits per heavy atom. The van der Waals surface area contributed by atoms with E-state index in [1.807, 2.05) is 6.20 Å². The fraction of sp³-hybridized carbons (Fsp3) is 0.357. The van der Waals surface area contributed by atoms with Crippen LogP contribution in [-0.4, -0.2) is 16.8 Å². The summed E-state index contributed by atoms with van der Waals surface area (Å²) in [6, 6.07) is 4.39. The van der Waals surface area contributed by atoms with Gasteiger partial charge in [-0.15, -0.1) is 0 Å². The van der Waals surface area contributed by atoms with Crippen LogP contribution in [0.1, 0.15) is 16.7 Å². The predicted molar refractivity (Wildman–Crippen MR) is 79.4 cm³/mol. The lowest BCUT2D eigenvalue weighted by Gasteiger charge is -2.21. The molecule has 2 rings (SSSR count). The average molecular weight is 362 g/mol. The van der Waals surface area contributed by atoms with Crippen molar-refractivity contribution in [3.05, 3.63) is 47.3 Å². The molecular formula is C14H15BrF3N3. The fourth-order valence-electron chi connectivity index (χ4n) is 2.10. The van der Waals surface area contributed by atoms with E-state index in [2.05, 4.69) is 21.0 Å². The van der Waals surface area contributed by atoms with Crippen molar-refractivity contribution in [1.82, 2.24) is 9.78 Å². The van der Waals surface area contributed by atoms with Crippen LogP contribution in [0.4, 0.5) is 18.9 Å². The lowest BCUT2D eigenvalue weighted by atomic mass is 10.1. The van der Waals surface area contributed by atoms with Crippen molar-refractivity contribution >= 4 is 21.6 Å². The van der Waals surface area contributed by atoms with Gasteiger partial charge in [-0.3, -0.25) is 4.68 Å². The quantitative estimate of drug-likeness (QED) is 0.768. The fourth-order valence-corrected chi connectivity index (χ4v) is 2.59. The Balaban J connectivity index is 2.27. The van der Waals surface area contributed by atoms with E-state index in [0.717, 1.165) is 5.56 Å². The smallest absolute Gasteiger partial charge is 0.370 e. The van der Waals surface area contributed by atoms with Crippen molar-refractivity contribution in [2.75, 3.05) is 11.9 Å². The molecule has 0 spiro atoms. The first-order chi connectivity index (χ1) is 9.81. The number of rotatable bonds is 4. The molecule has 1 heterocycles. The molecule has 114 valence electrons. The zero-order valence-corrected chi connectivity index (χ0v) is 13.2. The number of aromatic nitrogens is 2. The van der Waals surface area contributed by atoms with Crippen LogP contribution in [-0.2, 0) is 25.1 Å². The van der Waals surface area contributed by atoms with Crippen molar-refractivity contribution in [2.24, 2.45) is 7.05 Å². The van der Waals surface area contributed by atoms with Gasteiger partial charge in [-0.25, -0.2) is 0 Å². The summed E-state index contributed by atoms with van der Waals surface area (Å²) in [6.07, 6.45) is -0.809. The van der Waals surface area contributed by atoms with E-state index >= 15 is 0 Å². The van der Waals surface area contributed by atoms with Gasteiger partial charge in [-0.2, -0.15) is 18.3 Å². The highest BCUT2D eigenvalue weighted by molar-refractivity contribution is 9.08. The summed E-state index contributed by atoms with van der Waals surface area (Å²) >= 11 is 3.09. The van der Waals surface area contributed by atoms with Gasteiger partial charge >= 0.3 is 6.18 Å². The third-order valence-electron chi connectivity index (χ3n) is 3.16. The molecule has 0 radical (unpaired) electrons. The Bertz CT molecular complexity index is 622. The number of alkyl halides is 4. The Kier molecular flexibility index (Phi) is 4.61. The lowest BCUT2D eigenvalue weighted by molar-refractivity contribution is -0.138. The maximum absolute atomic E-state index is 13.1. The molecule has 0 aliphatic heterocycles. The third-order valence-corrected chi connectivity index (χ3v) is 3.77. The molecule has 0 amide bonds. The van der Waals surface area contributed by atoms with Crippen LogP contribution in [0, 0.1) is 0 Å². The second-order valence-electron chi connectivity index (χ2n) is 4.85. The molecule has 0 saturated carbocycles. The molecule has 0 aliphatic rings. The van der Waals surface area contributed by atoms with E-state index in [0.29, 0.717) is 12.2 Å². The van der Waals surface area contributed by atoms with E-state index in [1.165, 1.54) is 12.1 Å². The van der Waals surface area contributed by atoms with Gasteiger partial charge in [-0.1, -0.05) is 22.0 Å². The second-order valence-corrected chi connectivity index (χ2v) is 5.41. The van der Waals surface area contributed by atoms with E-state index in [4.69, 9.17) is 0 Å². The Morgan fingerprint density at radius 2 is 2.05 bits per heavy atom. The number of hydrogen-bond donors (Lipinski definition) is 0. The average Bonchev–Trinajstić information content (AvgIpc) is 2.82. The third kappa shape index (κ3) is 3.78. The predicted octanol–water partition coefficient (Wildman–Crippen LogP) is 3.97. The summed E-state index contributed by atoms with van der Waals surface area (Å²) in [5.74, 6) is 0. The van der Waals surface area contributed by atoms with Gasteiger partial charge in [0.15, 0.2) is 0 Å². The highest BCUT2D eigenvalue weighted by Crippen LogP contribution is 2.35. The molecular weight excluding hydrogens is 347 g/mol. The summed E-state index contributed by atoms with van der Waals surface area (Å²) < 4.78 is 40.8. The van der Waals surface area contributed by atoms with Crippen LogP contribution >= 0.6 is 15.9 Å². The number of nitrogens with zero attached hydrogens (tertiary/aromatic N) is 3. The molecule has 21 heavy (non-hydrogen) atoms. The Morgan fingerprint density at radius 3 is 2.57 bits per heavy atom. The van der Waals surface area contributed by atoms with E-state index in [-0.39, 0.29) is 10.9 Å². The van der Waals surface area contributed by atoms with Gasteiger partial charge in [0.1, 0.15) is 0 Å². The number of aryl methyl sites for hydroxylation is 1. The molecule has 1 aromatic heterocycles. The molecule has 0 saturated heterocycles. The number of benzene rings is 1. The van der Waals surface area contributed by atoms with Crippen LogP contribution in [0.5, 0.6) is 0 Å². The molecule has 3 nitrogen and oxygen atoms in total. The standard InChI is InChI=1S/C14H15BrF3N3/c1-20(8-10-7-19-21(2)9-10)12-4-3-11(6-15)13(5-12)14(16,17)18/h3-5,7,9H,6,8H2,1-2H3. The van der Waals surface area contributed by atoms with E-state index < -0.39 is 11.7 Å². The van der Waals surface area contributed by atoms with Crippen LogP contribution in [0.3, 0.4) is 0 Å². The summed E-state index contributed by atoms with van der Waals surface area (Å²) in [6.45, 7) is 0.499. The number of halogens is 4. The highest BCUT2D eigenvalue weighted by Gasteiger charge is 2.33. The van der Waals surface area contributed by atoms with Gasteiger partial charge in [0, 0.05) is 43.4 Å². The van der Waals surface area contributed by atoms with Gasteiger partial charge in [0.25, 0.3) is 0 Å². The minimum absolute atomic E-state index is 0.175. The number of anilines is 1. The monoisotopic (exact) mass is 361 g/mol. The maximum Gasteiger partial charge on any atom is 0.416 e. The molecule has 2 aromatic rings. The van der Waals surface area contributed by atoms with Gasteiger partial charge < -0.3 is 4.90 Å². The Hall–Kier alpha value is -1.50. The second kappa shape index (κ2) is 6.09. The van der Waals surface area contributed by atoms with Crippen molar-refractivity contribution < 1.29 is 13.2 Å². The van der Waals surface area contributed by atoms with Crippen LogP contribution in [0.15, 0.2) is 30.6 Å². The molecule has 0 N–H and O–H groups in total. The van der Waals surface area contributed by atoms with Crippen molar-refractivity contribution in [3.8, 4) is 0 Å². The number of hydrogen-bond acceptors (Lipinski definition) is 2. The van der Waals surface area contributed by atoms with Gasteiger partial charge in [0.05, 0.1) is 11.8 Å². The maximum atomic E-state index is 13.1. The minimum atomic E-state index is -4.35. The first kappa shape index (κ1) is 15.9. The molecule has 7 heteroatoms.